The van der Waals surface area contributed by atoms with E-state index in [2.05, 4.69) is 4.72 Å². The van der Waals surface area contributed by atoms with Gasteiger partial charge < -0.3 is 23.8 Å². The van der Waals surface area contributed by atoms with Crippen LogP contribution in [0.1, 0.15) is 11.3 Å². The van der Waals surface area contributed by atoms with Crippen molar-refractivity contribution >= 4 is 22.1 Å². The Hall–Kier alpha value is -2.78. The second-order valence-corrected chi connectivity index (χ2v) is 6.55. The molecule has 1 aromatic carbocycles. The normalized spacial score (nSPS) is 11.6. The molecule has 134 valence electrons. The number of hydrogen-bond acceptors (Lipinski definition) is 7. The molecule has 0 saturated carbocycles. The van der Waals surface area contributed by atoms with Crippen LogP contribution in [0, 0.1) is 0 Å². The summed E-state index contributed by atoms with van der Waals surface area (Å²) < 4.78 is 43.0. The molecule has 0 aliphatic carbocycles. The summed E-state index contributed by atoms with van der Waals surface area (Å²) in [4.78, 5) is 10.4. The Morgan fingerprint density at radius 3 is 2.64 bits per heavy atom. The van der Waals surface area contributed by atoms with Crippen molar-refractivity contribution < 1.29 is 32.2 Å². The van der Waals surface area contributed by atoms with E-state index in [-0.39, 0.29) is 22.9 Å². The Balaban J connectivity index is 2.45. The van der Waals surface area contributed by atoms with Gasteiger partial charge >= 0.3 is 0 Å². The van der Waals surface area contributed by atoms with E-state index >= 15 is 0 Å². The fraction of sp³-hybridized carbons (Fsp3) is 0.188. The minimum atomic E-state index is -3.98. The zero-order chi connectivity index (χ0) is 18.4. The maximum atomic E-state index is 12.6. The van der Waals surface area contributed by atoms with E-state index in [0.717, 1.165) is 6.08 Å². The lowest BCUT2D eigenvalue weighted by atomic mass is 10.2. The van der Waals surface area contributed by atoms with Crippen molar-refractivity contribution in [2.45, 2.75) is 11.4 Å². The summed E-state index contributed by atoms with van der Waals surface area (Å²) in [6, 6.07) is 5.98. The van der Waals surface area contributed by atoms with E-state index in [1.165, 1.54) is 38.7 Å². The standard InChI is InChI=1S/C16H17NO7S/c1-22-13-8-11(5-6-15(18)19)9-14(16(13)23-2)25(20,21)17-10-12-4-3-7-24-12/h3-9,17H,10H2,1-2H3,(H,18,19)/p-1/b6-5+. The predicted molar refractivity (Wildman–Crippen MR) is 86.3 cm³/mol. The van der Waals surface area contributed by atoms with Crippen LogP contribution in [-0.2, 0) is 21.4 Å². The zero-order valence-electron chi connectivity index (χ0n) is 13.5. The third-order valence-corrected chi connectivity index (χ3v) is 4.59. The molecule has 2 aromatic rings. The predicted octanol–water partition coefficient (Wildman–Crippen LogP) is 0.538. The first kappa shape index (κ1) is 18.6. The van der Waals surface area contributed by atoms with E-state index in [9.17, 15) is 18.3 Å². The molecule has 0 aliphatic rings. The molecule has 1 aromatic heterocycles. The number of ether oxygens (including phenoxy) is 2. The van der Waals surface area contributed by atoms with Crippen LogP contribution in [0.15, 0.2) is 45.9 Å². The quantitative estimate of drug-likeness (QED) is 0.677. The number of nitrogens with one attached hydrogen (secondary N) is 1. The third-order valence-electron chi connectivity index (χ3n) is 3.19. The highest BCUT2D eigenvalue weighted by molar-refractivity contribution is 7.89. The monoisotopic (exact) mass is 366 g/mol. The highest BCUT2D eigenvalue weighted by Gasteiger charge is 2.23. The van der Waals surface area contributed by atoms with Gasteiger partial charge in [0.1, 0.15) is 10.7 Å². The molecule has 2 rings (SSSR count). The molecule has 9 heteroatoms. The van der Waals surface area contributed by atoms with Crippen molar-refractivity contribution in [3.8, 4) is 11.5 Å². The Morgan fingerprint density at radius 2 is 2.08 bits per heavy atom. The van der Waals surface area contributed by atoms with E-state index in [0.29, 0.717) is 11.3 Å². The van der Waals surface area contributed by atoms with Crippen LogP contribution in [0.4, 0.5) is 0 Å². The lowest BCUT2D eigenvalue weighted by molar-refractivity contribution is -0.297. The van der Waals surface area contributed by atoms with Crippen LogP contribution < -0.4 is 19.3 Å². The molecule has 8 nitrogen and oxygen atoms in total. The average molecular weight is 366 g/mol. The lowest BCUT2D eigenvalue weighted by Crippen LogP contribution is -2.24. The number of hydrogen-bond donors (Lipinski definition) is 1. The van der Waals surface area contributed by atoms with Crippen LogP contribution in [0.5, 0.6) is 11.5 Å². The van der Waals surface area contributed by atoms with Crippen molar-refractivity contribution in [2.75, 3.05) is 14.2 Å². The van der Waals surface area contributed by atoms with Gasteiger partial charge in [-0.2, -0.15) is 0 Å². The van der Waals surface area contributed by atoms with Crippen molar-refractivity contribution in [1.29, 1.82) is 0 Å². The first-order chi connectivity index (χ1) is 11.9. The molecule has 0 spiro atoms. The van der Waals surface area contributed by atoms with Crippen LogP contribution in [0.2, 0.25) is 0 Å². The first-order valence-corrected chi connectivity index (χ1v) is 8.53. The summed E-state index contributed by atoms with van der Waals surface area (Å²) in [5.74, 6) is -0.834. The zero-order valence-corrected chi connectivity index (χ0v) is 14.3. The van der Waals surface area contributed by atoms with Gasteiger partial charge in [0.25, 0.3) is 0 Å². The Morgan fingerprint density at radius 1 is 1.32 bits per heavy atom. The van der Waals surface area contributed by atoms with Gasteiger partial charge in [-0.05, 0) is 35.9 Å². The van der Waals surface area contributed by atoms with Gasteiger partial charge in [-0.15, -0.1) is 0 Å². The van der Waals surface area contributed by atoms with E-state index in [1.807, 2.05) is 0 Å². The summed E-state index contributed by atoms with van der Waals surface area (Å²) in [5.41, 5.74) is 0.292. The Bertz CT molecular complexity index is 870. The molecule has 0 atom stereocenters. The molecule has 0 amide bonds. The molecule has 0 fully saturated rings. The van der Waals surface area contributed by atoms with Crippen LogP contribution in [-0.4, -0.2) is 28.6 Å². The summed E-state index contributed by atoms with van der Waals surface area (Å²) >= 11 is 0. The van der Waals surface area contributed by atoms with Gasteiger partial charge in [0.15, 0.2) is 11.5 Å². The van der Waals surface area contributed by atoms with Gasteiger partial charge in [-0.1, -0.05) is 6.08 Å². The maximum Gasteiger partial charge on any atom is 0.244 e. The van der Waals surface area contributed by atoms with Gasteiger partial charge in [-0.3, -0.25) is 0 Å². The number of carboxylic acids is 1. The van der Waals surface area contributed by atoms with Gasteiger partial charge in [-0.25, -0.2) is 13.1 Å². The van der Waals surface area contributed by atoms with Gasteiger partial charge in [0, 0.05) is 0 Å². The summed E-state index contributed by atoms with van der Waals surface area (Å²) in [6.45, 7) is -0.0556. The maximum absolute atomic E-state index is 12.6. The van der Waals surface area contributed by atoms with E-state index in [1.54, 1.807) is 12.1 Å². The number of benzene rings is 1. The number of rotatable bonds is 8. The van der Waals surface area contributed by atoms with Crippen molar-refractivity contribution in [3.63, 3.8) is 0 Å². The van der Waals surface area contributed by atoms with E-state index < -0.39 is 16.0 Å². The molecule has 1 heterocycles. The van der Waals surface area contributed by atoms with Crippen LogP contribution in [0.25, 0.3) is 6.08 Å². The number of sulfonamides is 1. The summed E-state index contributed by atoms with van der Waals surface area (Å²) in [7, 11) is -1.34. The van der Waals surface area contributed by atoms with Crippen LogP contribution >= 0.6 is 0 Å². The van der Waals surface area contributed by atoms with Crippen molar-refractivity contribution in [3.05, 3.63) is 47.9 Å². The third kappa shape index (κ3) is 4.61. The Kier molecular flexibility index (Phi) is 5.84. The molecule has 0 radical (unpaired) electrons. The molecule has 0 unspecified atom stereocenters. The molecular weight excluding hydrogens is 350 g/mol. The van der Waals surface area contributed by atoms with E-state index in [4.69, 9.17) is 13.9 Å². The number of carbonyl (C=O) groups is 1. The Labute approximate surface area is 144 Å². The molecule has 0 bridgehead atoms. The molecule has 0 aliphatic heterocycles. The summed E-state index contributed by atoms with van der Waals surface area (Å²) in [5, 5.41) is 10.6. The lowest BCUT2D eigenvalue weighted by Gasteiger charge is -2.15. The molecule has 1 N–H and O–H groups in total. The van der Waals surface area contributed by atoms with Gasteiger partial charge in [0.2, 0.25) is 10.0 Å². The number of carboxylic acid groups (broad SMARTS) is 1. The van der Waals surface area contributed by atoms with Crippen molar-refractivity contribution in [2.24, 2.45) is 0 Å². The largest absolute Gasteiger partial charge is 0.545 e. The smallest absolute Gasteiger partial charge is 0.244 e. The number of aliphatic carboxylic acids is 1. The minimum absolute atomic E-state index is 0.0000416. The minimum Gasteiger partial charge on any atom is -0.545 e. The average Bonchev–Trinajstić information content (AvgIpc) is 3.10. The van der Waals surface area contributed by atoms with Crippen molar-refractivity contribution in [1.82, 2.24) is 4.72 Å². The molecular formula is C16H16NO7S-. The molecule has 25 heavy (non-hydrogen) atoms. The fourth-order valence-electron chi connectivity index (χ4n) is 2.07. The SMILES string of the molecule is COc1cc(/C=C/C(=O)[O-])cc(S(=O)(=O)NCc2ccco2)c1OC. The van der Waals surface area contributed by atoms with Crippen LogP contribution in [0.3, 0.4) is 0 Å². The highest BCUT2D eigenvalue weighted by atomic mass is 32.2. The first-order valence-electron chi connectivity index (χ1n) is 7.04. The molecule has 0 saturated heterocycles. The van der Waals surface area contributed by atoms with Gasteiger partial charge in [0.05, 0.1) is 33.0 Å². The second kappa shape index (κ2) is 7.86. The number of methoxy groups -OCH3 is 2. The second-order valence-electron chi connectivity index (χ2n) is 4.81. The topological polar surface area (TPSA) is 118 Å². The highest BCUT2D eigenvalue weighted by Crippen LogP contribution is 2.36. The fourth-order valence-corrected chi connectivity index (χ4v) is 3.27. The summed E-state index contributed by atoms with van der Waals surface area (Å²) in [6.07, 6.45) is 3.41. The number of furan rings is 1. The number of carbonyl (C=O) groups excluding carboxylic acids is 1.